The van der Waals surface area contributed by atoms with Crippen LogP contribution in [0.25, 0.3) is 0 Å². The van der Waals surface area contributed by atoms with E-state index in [0.29, 0.717) is 17.9 Å². The van der Waals surface area contributed by atoms with Crippen LogP contribution in [-0.4, -0.2) is 15.7 Å². The van der Waals surface area contributed by atoms with Crippen molar-refractivity contribution in [3.63, 3.8) is 0 Å². The molecule has 0 aliphatic rings. The average molecular weight is 233 g/mol. The molecular formula is C12H15N3O2. The van der Waals surface area contributed by atoms with Crippen molar-refractivity contribution in [2.75, 3.05) is 0 Å². The standard InChI is InChI=1S/C12H15N3O2/c1-8-4-11(9(2)17-8)12(16)13-5-10-6-14-15(3)7-10/h4,6-7H,5H2,1-3H3,(H,13,16). The summed E-state index contributed by atoms with van der Waals surface area (Å²) < 4.78 is 7.02. The number of nitrogens with zero attached hydrogens (tertiary/aromatic N) is 2. The van der Waals surface area contributed by atoms with Gasteiger partial charge in [0, 0.05) is 25.4 Å². The maximum Gasteiger partial charge on any atom is 0.255 e. The molecule has 2 rings (SSSR count). The molecule has 0 radical (unpaired) electrons. The van der Waals surface area contributed by atoms with Crippen molar-refractivity contribution in [2.45, 2.75) is 20.4 Å². The fourth-order valence-electron chi connectivity index (χ4n) is 1.70. The molecular weight excluding hydrogens is 218 g/mol. The Morgan fingerprint density at radius 3 is 2.82 bits per heavy atom. The Hall–Kier alpha value is -2.04. The molecule has 0 aromatic carbocycles. The smallest absolute Gasteiger partial charge is 0.255 e. The first-order valence-electron chi connectivity index (χ1n) is 5.39. The number of nitrogens with one attached hydrogen (secondary N) is 1. The molecule has 5 heteroatoms. The molecule has 0 saturated carbocycles. The summed E-state index contributed by atoms with van der Waals surface area (Å²) in [5.74, 6) is 1.27. The number of hydrogen-bond donors (Lipinski definition) is 1. The fraction of sp³-hybridized carbons (Fsp3) is 0.333. The van der Waals surface area contributed by atoms with Gasteiger partial charge >= 0.3 is 0 Å². The van der Waals surface area contributed by atoms with Crippen molar-refractivity contribution in [3.05, 3.63) is 41.1 Å². The quantitative estimate of drug-likeness (QED) is 0.875. The number of amides is 1. The van der Waals surface area contributed by atoms with Crippen LogP contribution >= 0.6 is 0 Å². The Morgan fingerprint density at radius 2 is 2.29 bits per heavy atom. The Labute approximate surface area is 99.4 Å². The van der Waals surface area contributed by atoms with Gasteiger partial charge < -0.3 is 9.73 Å². The zero-order chi connectivity index (χ0) is 12.4. The second-order valence-corrected chi connectivity index (χ2v) is 4.03. The lowest BCUT2D eigenvalue weighted by molar-refractivity contribution is 0.0949. The number of carbonyl (C=O) groups is 1. The zero-order valence-electron chi connectivity index (χ0n) is 10.2. The van der Waals surface area contributed by atoms with E-state index >= 15 is 0 Å². The zero-order valence-corrected chi connectivity index (χ0v) is 10.2. The largest absolute Gasteiger partial charge is 0.466 e. The van der Waals surface area contributed by atoms with Crippen LogP contribution in [-0.2, 0) is 13.6 Å². The van der Waals surface area contributed by atoms with E-state index < -0.39 is 0 Å². The number of hydrogen-bond acceptors (Lipinski definition) is 3. The van der Waals surface area contributed by atoms with Gasteiger partial charge in [0.1, 0.15) is 11.5 Å². The molecule has 0 saturated heterocycles. The van der Waals surface area contributed by atoms with Crippen molar-refractivity contribution < 1.29 is 9.21 Å². The Bertz CT molecular complexity index is 540. The number of carbonyl (C=O) groups excluding carboxylic acids is 1. The van der Waals surface area contributed by atoms with E-state index in [1.165, 1.54) is 0 Å². The highest BCUT2D eigenvalue weighted by Crippen LogP contribution is 2.13. The summed E-state index contributed by atoms with van der Waals surface area (Å²) in [6.45, 7) is 4.08. The fourth-order valence-corrected chi connectivity index (χ4v) is 1.70. The van der Waals surface area contributed by atoms with Gasteiger partial charge in [-0.1, -0.05) is 0 Å². The third-order valence-electron chi connectivity index (χ3n) is 2.50. The van der Waals surface area contributed by atoms with Crippen molar-refractivity contribution in [1.82, 2.24) is 15.1 Å². The number of furan rings is 1. The summed E-state index contributed by atoms with van der Waals surface area (Å²) in [6.07, 6.45) is 3.60. The second-order valence-electron chi connectivity index (χ2n) is 4.03. The number of rotatable bonds is 3. The van der Waals surface area contributed by atoms with Crippen LogP contribution in [0.2, 0.25) is 0 Å². The maximum absolute atomic E-state index is 11.9. The highest BCUT2D eigenvalue weighted by molar-refractivity contribution is 5.95. The van der Waals surface area contributed by atoms with Gasteiger partial charge in [-0.3, -0.25) is 9.48 Å². The molecule has 90 valence electrons. The van der Waals surface area contributed by atoms with Crippen LogP contribution in [0.1, 0.15) is 27.4 Å². The molecule has 17 heavy (non-hydrogen) atoms. The van der Waals surface area contributed by atoms with Crippen LogP contribution in [0.5, 0.6) is 0 Å². The minimum atomic E-state index is -0.122. The van der Waals surface area contributed by atoms with Crippen LogP contribution in [0.4, 0.5) is 0 Å². The number of aromatic nitrogens is 2. The summed E-state index contributed by atoms with van der Waals surface area (Å²) in [4.78, 5) is 11.9. The van der Waals surface area contributed by atoms with Gasteiger partial charge in [0.25, 0.3) is 5.91 Å². The maximum atomic E-state index is 11.9. The van der Waals surface area contributed by atoms with E-state index in [-0.39, 0.29) is 5.91 Å². The Morgan fingerprint density at radius 1 is 1.53 bits per heavy atom. The van der Waals surface area contributed by atoms with E-state index in [0.717, 1.165) is 11.3 Å². The first-order chi connectivity index (χ1) is 8.06. The summed E-state index contributed by atoms with van der Waals surface area (Å²) in [5, 5.41) is 6.87. The third-order valence-corrected chi connectivity index (χ3v) is 2.50. The molecule has 0 aliphatic heterocycles. The molecule has 1 amide bonds. The molecule has 0 bridgehead atoms. The summed E-state index contributed by atoms with van der Waals surface area (Å²) >= 11 is 0. The van der Waals surface area contributed by atoms with Crippen molar-refractivity contribution in [3.8, 4) is 0 Å². The monoisotopic (exact) mass is 233 g/mol. The van der Waals surface area contributed by atoms with E-state index in [9.17, 15) is 4.79 Å². The first-order valence-corrected chi connectivity index (χ1v) is 5.39. The van der Waals surface area contributed by atoms with E-state index in [4.69, 9.17) is 4.42 Å². The predicted octanol–water partition coefficient (Wildman–Crippen LogP) is 1.56. The highest BCUT2D eigenvalue weighted by atomic mass is 16.3. The SMILES string of the molecule is Cc1cc(C(=O)NCc2cnn(C)c2)c(C)o1. The van der Waals surface area contributed by atoms with Crippen molar-refractivity contribution in [1.29, 1.82) is 0 Å². The van der Waals surface area contributed by atoms with Crippen LogP contribution in [0.3, 0.4) is 0 Å². The molecule has 2 heterocycles. The molecule has 0 spiro atoms. The average Bonchev–Trinajstić information content (AvgIpc) is 2.81. The van der Waals surface area contributed by atoms with Gasteiger partial charge in [-0.05, 0) is 19.9 Å². The van der Waals surface area contributed by atoms with Gasteiger partial charge in [0.2, 0.25) is 0 Å². The number of aryl methyl sites for hydroxylation is 3. The molecule has 2 aromatic rings. The third kappa shape index (κ3) is 2.55. The summed E-state index contributed by atoms with van der Waals surface area (Å²) in [6, 6.07) is 1.74. The molecule has 0 fully saturated rings. The predicted molar refractivity (Wildman–Crippen MR) is 62.6 cm³/mol. The Balaban J connectivity index is 2.00. The van der Waals surface area contributed by atoms with Gasteiger partial charge in [-0.15, -0.1) is 0 Å². The van der Waals surface area contributed by atoms with Gasteiger partial charge in [-0.25, -0.2) is 0 Å². The normalized spacial score (nSPS) is 10.5. The summed E-state index contributed by atoms with van der Waals surface area (Å²) in [5.41, 5.74) is 1.56. The molecule has 0 aliphatic carbocycles. The molecule has 2 aromatic heterocycles. The van der Waals surface area contributed by atoms with Crippen molar-refractivity contribution in [2.24, 2.45) is 7.05 Å². The minimum absolute atomic E-state index is 0.122. The van der Waals surface area contributed by atoms with Gasteiger partial charge in [0.15, 0.2) is 0 Å². The lowest BCUT2D eigenvalue weighted by Crippen LogP contribution is -2.22. The lowest BCUT2D eigenvalue weighted by Gasteiger charge is -2.01. The molecule has 0 atom stereocenters. The minimum Gasteiger partial charge on any atom is -0.466 e. The molecule has 1 N–H and O–H groups in total. The van der Waals surface area contributed by atoms with E-state index in [1.807, 2.05) is 20.2 Å². The topological polar surface area (TPSA) is 60.1 Å². The van der Waals surface area contributed by atoms with Crippen LogP contribution < -0.4 is 5.32 Å². The van der Waals surface area contributed by atoms with Gasteiger partial charge in [-0.2, -0.15) is 5.10 Å². The van der Waals surface area contributed by atoms with Crippen LogP contribution in [0.15, 0.2) is 22.9 Å². The van der Waals surface area contributed by atoms with Crippen LogP contribution in [0, 0.1) is 13.8 Å². The second kappa shape index (κ2) is 4.45. The van der Waals surface area contributed by atoms with E-state index in [2.05, 4.69) is 10.4 Å². The Kier molecular flexibility index (Phi) is 2.99. The molecule has 0 unspecified atom stereocenters. The summed E-state index contributed by atoms with van der Waals surface area (Å²) in [7, 11) is 1.84. The van der Waals surface area contributed by atoms with E-state index in [1.54, 1.807) is 23.9 Å². The lowest BCUT2D eigenvalue weighted by atomic mass is 10.2. The highest BCUT2D eigenvalue weighted by Gasteiger charge is 2.12. The molecule has 5 nitrogen and oxygen atoms in total. The first kappa shape index (κ1) is 11.4. The van der Waals surface area contributed by atoms with Gasteiger partial charge in [0.05, 0.1) is 11.8 Å². The van der Waals surface area contributed by atoms with Crippen molar-refractivity contribution >= 4 is 5.91 Å².